The average Bonchev–Trinajstić information content (AvgIpc) is 2.34. The lowest BCUT2D eigenvalue weighted by Crippen LogP contribution is -1.86. The average molecular weight is 2670 g/mol. The fourth-order valence-corrected chi connectivity index (χ4v) is 0. The zero-order valence-electron chi connectivity index (χ0n) is 84.8. The second-order valence-corrected chi connectivity index (χ2v) is 26.5. The molecule has 140 heavy (non-hydrogen) atoms. The molecule has 0 atom stereocenters. The molecule has 120 nitrogen and oxygen atoms in total. The molecule has 0 saturated carbocycles. The van der Waals surface area contributed by atoms with E-state index in [4.69, 9.17) is 133 Å². The highest BCUT2D eigenvalue weighted by molar-refractivity contribution is 8.29. The summed E-state index contributed by atoms with van der Waals surface area (Å²) >= 11 is 34.7. The summed E-state index contributed by atoms with van der Waals surface area (Å²) < 4.78 is 240. The van der Waals surface area contributed by atoms with Crippen molar-refractivity contribution in [3.8, 4) is 0 Å². The third-order valence-electron chi connectivity index (χ3n) is 0. The first-order valence-corrected chi connectivity index (χ1v) is 31.0. The molecule has 290 N–H and O–H groups in total. The van der Waals surface area contributed by atoms with Gasteiger partial charge in [0, 0.05) is 112 Å². The van der Waals surface area contributed by atoms with Gasteiger partial charge >= 0.3 is 0 Å². The maximum absolute atomic E-state index is 9.11. The van der Waals surface area contributed by atoms with E-state index in [1.54, 1.807) is 0 Å². The highest BCUT2D eigenvalue weighted by Crippen LogP contribution is 1.66. The van der Waals surface area contributed by atoms with Crippen LogP contribution in [0.4, 0.5) is 0 Å². The van der Waals surface area contributed by atoms with Crippen LogP contribution in [0.15, 0.2) is 0 Å². The molecule has 1040 valence electrons. The van der Waals surface area contributed by atoms with Crippen LogP contribution in [0, 0.1) is 0 Å². The van der Waals surface area contributed by atoms with Crippen LogP contribution in [0.2, 0.25) is 0 Å². The predicted molar refractivity (Wildman–Crippen MR) is 660 cm³/mol. The molecule has 0 radical (unpaired) electrons. The van der Waals surface area contributed by atoms with Gasteiger partial charge in [0.25, 0.3) is 90.5 Å². The van der Waals surface area contributed by atoms with Gasteiger partial charge in [-0.2, -0.15) is 42.1 Å². The Morgan fingerprint density at radius 1 is 0.0643 bits per heavy atom. The van der Waals surface area contributed by atoms with Gasteiger partial charge in [-0.3, -0.25) is 91.1 Å². The Balaban J connectivity index is -0.00000000121. The number of rotatable bonds is 0. The van der Waals surface area contributed by atoms with Crippen LogP contribution in [-0.2, 0) is 202 Å². The van der Waals surface area contributed by atoms with Crippen LogP contribution < -0.4 is 554 Å². The Morgan fingerprint density at radius 3 is 0.0643 bits per heavy atom. The van der Waals surface area contributed by atoms with Crippen LogP contribution in [-0.4, -0.2) is 133 Å². The first kappa shape index (κ1) is 1730. The quantitative estimate of drug-likeness (QED) is 0.107. The van der Waals surface area contributed by atoms with Gasteiger partial charge < -0.3 is 554 Å². The number of hydrogen-bond acceptors (Lipinski definition) is 110. The van der Waals surface area contributed by atoms with Crippen LogP contribution in [0.25, 0.3) is 0 Å². The molecule has 0 heterocycles. The van der Waals surface area contributed by atoms with Crippen molar-refractivity contribution in [3.63, 3.8) is 0 Å². The van der Waals surface area contributed by atoms with Crippen molar-refractivity contribution in [3.05, 3.63) is 0 Å². The highest BCUT2D eigenvalue weighted by Gasteiger charge is 1.82. The van der Waals surface area contributed by atoms with Crippen molar-refractivity contribution in [2.24, 2.45) is 0 Å². The van der Waals surface area contributed by atoms with Gasteiger partial charge in [0.2, 0.25) is 0 Å². The summed E-state index contributed by atoms with van der Waals surface area (Å²) in [5, 5.41) is 0. The molecule has 0 saturated heterocycles. The van der Waals surface area contributed by atoms with Crippen molar-refractivity contribution >= 4 is 202 Å². The summed E-state index contributed by atoms with van der Waals surface area (Å²) in [7, 11) is -38.3. The fourth-order valence-electron chi connectivity index (χ4n) is 0. The molecule has 0 aliphatic carbocycles. The van der Waals surface area contributed by atoms with E-state index in [9.17, 15) is 0 Å². The molecule has 0 aliphatic heterocycles. The Labute approximate surface area is 883 Å². The zero-order valence-corrected chi connectivity index (χ0v) is 101. The molecule has 0 aromatic carbocycles. The fraction of sp³-hybridized carbons (Fsp3) is 0. The Hall–Kier alpha value is -0.700. The van der Waals surface area contributed by atoms with Crippen molar-refractivity contribution in [1.82, 2.24) is 554 Å². The van der Waals surface area contributed by atoms with Gasteiger partial charge in [0.05, 0.1) is 0 Å². The molecule has 0 aliphatic rings. The summed E-state index contributed by atoms with van der Waals surface area (Å²) in [6, 6.07) is 0. The van der Waals surface area contributed by atoms with Gasteiger partial charge in [0.15, 0.2) is 0 Å². The smallest absolute Gasteiger partial charge is 0.263 e. The van der Waals surface area contributed by atoms with Crippen molar-refractivity contribution < 1.29 is 133 Å². The van der Waals surface area contributed by atoms with E-state index < -0.39 is 90.5 Å². The minimum absolute atomic E-state index is 0. The second-order valence-electron chi connectivity index (χ2n) is 4.48. The molecule has 0 aromatic heterocycles. The Bertz CT molecular complexity index is 1510. The SMILES string of the molecule is N.N.N.N.N.N.N.N.N.N.N.N.N.N.N.N.N.N.N.N.N.N.N.N.N.N.N.N.N.N.N.N.N.N.N.N.N.N.N.N.N.N.N.N.N.N.N.N.N.N.N.N.N.N.N.N.N.N.N.N.N.N.N.N.N.N.N.N.N.N.N.N.N.N.N.N.N.N.N.N.N.N.N.N.N.N.N.N.N.N.O=S(O)(O)=S.O=S(O)(O)=S.O=S(O)(O)=S.O=S(O)(O)=S.O=S(O)(O)=S.O=S(O)(O)=S.O=S(O)(O)=S.O=S(O)(O)=S.O=S(O)(O)=S.O=S(O)(O)=S. The molecule has 0 unspecified atom stereocenters. The standard InChI is InChI=1S/90H3N.10H2O3S2/c;;;;;;;;;;;;;;;;;;;;;;;;;;;;;;;;;;;;;;;;;;;;;;;;;;;;;;;;;;;;;;;;;;;;;;;;;;;;;;;;;;;;;;;;;;10*1-5(2,3)4/h90*1H3;10*(H2,1,2,3,4). The molecule has 0 spiro atoms. The van der Waals surface area contributed by atoms with Gasteiger partial charge in [-0.25, -0.2) is 0 Å². The Morgan fingerprint density at radius 2 is 0.0643 bits per heavy atom. The zero-order chi connectivity index (χ0) is 45.0. The first-order valence-electron chi connectivity index (χ1n) is 6.98. The summed E-state index contributed by atoms with van der Waals surface area (Å²) in [6.07, 6.45) is 0. The summed E-state index contributed by atoms with van der Waals surface area (Å²) in [5.74, 6) is 0. The second kappa shape index (κ2) is 741. The third kappa shape index (κ3) is 5210000. The van der Waals surface area contributed by atoms with Gasteiger partial charge in [0.1, 0.15) is 0 Å². The Kier molecular flexibility index (Phi) is 9140. The van der Waals surface area contributed by atoms with Gasteiger partial charge in [-0.1, -0.05) is 0 Å². The van der Waals surface area contributed by atoms with Crippen molar-refractivity contribution in [2.75, 3.05) is 0 Å². The largest absolute Gasteiger partial charge is 0.344 e. The van der Waals surface area contributed by atoms with Crippen LogP contribution in [0.5, 0.6) is 0 Å². The van der Waals surface area contributed by atoms with E-state index >= 15 is 0 Å². The molecule has 0 fully saturated rings. The minimum atomic E-state index is -3.83. The van der Waals surface area contributed by atoms with Crippen LogP contribution in [0.1, 0.15) is 0 Å². The summed E-state index contributed by atoms with van der Waals surface area (Å²) in [5.41, 5.74) is 0. The molecule has 140 heteroatoms. The molecule has 0 aromatic rings. The van der Waals surface area contributed by atoms with E-state index in [2.05, 4.69) is 112 Å². The molecule has 0 amide bonds. The topological polar surface area (TPSA) is 3730 Å². The van der Waals surface area contributed by atoms with E-state index in [1.807, 2.05) is 0 Å². The minimum Gasteiger partial charge on any atom is -0.344 e. The molecular formula is H290N90O30S20. The molecular weight excluding hydrogens is 2380 g/mol. The van der Waals surface area contributed by atoms with E-state index in [0.717, 1.165) is 0 Å². The lowest BCUT2D eigenvalue weighted by Gasteiger charge is -1.73. The molecule has 0 bridgehead atoms. The monoisotopic (exact) mass is 2670 g/mol. The first-order chi connectivity index (χ1) is 20.0. The lowest BCUT2D eigenvalue weighted by molar-refractivity contribution is 0.448. The molecule has 0 rings (SSSR count). The van der Waals surface area contributed by atoms with Crippen molar-refractivity contribution in [1.29, 1.82) is 0 Å². The maximum atomic E-state index is 9.11. The lowest BCUT2D eigenvalue weighted by atomic mass is 14.0. The summed E-state index contributed by atoms with van der Waals surface area (Å²) in [6.45, 7) is 0. The highest BCUT2D eigenvalue weighted by atomic mass is 32.9. The van der Waals surface area contributed by atoms with E-state index in [-0.39, 0.29) is 554 Å². The normalized spacial score (nSPS) is 4.14. The van der Waals surface area contributed by atoms with Gasteiger partial charge in [-0.05, 0) is 0 Å². The predicted octanol–water partition coefficient (Wildman–Crippen LogP) is 11.4. The van der Waals surface area contributed by atoms with Gasteiger partial charge in [-0.15, -0.1) is 0 Å². The van der Waals surface area contributed by atoms with E-state index in [1.165, 1.54) is 0 Å². The van der Waals surface area contributed by atoms with E-state index in [0.29, 0.717) is 0 Å². The summed E-state index contributed by atoms with van der Waals surface area (Å²) in [4.78, 5) is 0. The van der Waals surface area contributed by atoms with Crippen molar-refractivity contribution in [2.45, 2.75) is 0 Å². The van der Waals surface area contributed by atoms with Crippen LogP contribution in [0.3, 0.4) is 0 Å². The van der Waals surface area contributed by atoms with Crippen LogP contribution >= 0.6 is 0 Å². The number of hydrogen-bond donors (Lipinski definition) is 110. The maximum Gasteiger partial charge on any atom is 0.263 e. The third-order valence-corrected chi connectivity index (χ3v) is 0.